The highest BCUT2D eigenvalue weighted by Gasteiger charge is 2.30. The first-order valence-electron chi connectivity index (χ1n) is 8.96. The van der Waals surface area contributed by atoms with Crippen LogP contribution >= 0.6 is 11.5 Å². The van der Waals surface area contributed by atoms with E-state index in [-0.39, 0.29) is 16.4 Å². The molecule has 0 saturated heterocycles. The average molecular weight is 464 g/mol. The van der Waals surface area contributed by atoms with Crippen molar-refractivity contribution in [1.29, 1.82) is 0 Å². The van der Waals surface area contributed by atoms with Gasteiger partial charge in [0.1, 0.15) is 11.5 Å². The quantitative estimate of drug-likeness (QED) is 0.413. The summed E-state index contributed by atoms with van der Waals surface area (Å²) in [5.74, 6) is 0.448. The number of alkyl halides is 3. The maximum Gasteiger partial charge on any atom is 0.416 e. The highest BCUT2D eigenvalue weighted by molar-refractivity contribution is 7.89. The van der Waals surface area contributed by atoms with Gasteiger partial charge < -0.3 is 4.74 Å². The minimum absolute atomic E-state index is 0.0156. The van der Waals surface area contributed by atoms with Crippen LogP contribution in [0.4, 0.5) is 13.2 Å². The Labute approximate surface area is 180 Å². The molecule has 0 fully saturated rings. The summed E-state index contributed by atoms with van der Waals surface area (Å²) >= 11 is 1.25. The molecule has 0 bridgehead atoms. The van der Waals surface area contributed by atoms with Crippen LogP contribution in [-0.2, 0) is 16.2 Å². The van der Waals surface area contributed by atoms with E-state index < -0.39 is 21.8 Å². The normalized spacial score (nSPS) is 12.3. The van der Waals surface area contributed by atoms with Crippen molar-refractivity contribution in [3.8, 4) is 22.8 Å². The molecule has 0 unspecified atom stereocenters. The molecule has 3 aromatic carbocycles. The van der Waals surface area contributed by atoms with Crippen molar-refractivity contribution in [3.63, 3.8) is 0 Å². The van der Waals surface area contributed by atoms with Crippen LogP contribution in [0.5, 0.6) is 11.5 Å². The Hall–Kier alpha value is -2.95. The molecule has 10 heteroatoms. The lowest BCUT2D eigenvalue weighted by atomic mass is 10.1. The summed E-state index contributed by atoms with van der Waals surface area (Å²) in [6.07, 6.45) is -4.45. The summed E-state index contributed by atoms with van der Waals surface area (Å²) in [5.41, 5.74) is 0.144. The van der Waals surface area contributed by atoms with Gasteiger partial charge in [0.05, 0.1) is 20.9 Å². The highest BCUT2D eigenvalue weighted by atomic mass is 32.2. The zero-order valence-electron chi connectivity index (χ0n) is 16.0. The van der Waals surface area contributed by atoms with E-state index in [2.05, 4.69) is 9.10 Å². The summed E-state index contributed by atoms with van der Waals surface area (Å²) in [7, 11) is -2.43. The van der Waals surface area contributed by atoms with E-state index in [9.17, 15) is 21.6 Å². The van der Waals surface area contributed by atoms with Crippen LogP contribution in [0.1, 0.15) is 5.56 Å². The van der Waals surface area contributed by atoms with Crippen LogP contribution in [0, 0.1) is 0 Å². The number of benzene rings is 3. The molecule has 1 N–H and O–H groups in total. The van der Waals surface area contributed by atoms with E-state index >= 15 is 0 Å². The second kappa shape index (κ2) is 7.95. The molecular weight excluding hydrogens is 449 g/mol. The van der Waals surface area contributed by atoms with Crippen molar-refractivity contribution in [1.82, 2.24) is 9.10 Å². The monoisotopic (exact) mass is 464 g/mol. The summed E-state index contributed by atoms with van der Waals surface area (Å²) in [4.78, 5) is 0.0156. The molecule has 0 aliphatic heterocycles. The molecular formula is C21H15F3N2O3S2. The minimum Gasteiger partial charge on any atom is -0.457 e. The number of fused-ring (bicyclic) bond motifs is 1. The van der Waals surface area contributed by atoms with E-state index in [0.29, 0.717) is 11.3 Å². The summed E-state index contributed by atoms with van der Waals surface area (Å²) < 4.78 is 76.6. The first-order chi connectivity index (χ1) is 14.7. The molecule has 4 rings (SSSR count). The second-order valence-electron chi connectivity index (χ2n) is 6.52. The number of nitrogens with one attached hydrogen (secondary N) is 1. The average Bonchev–Trinajstić information content (AvgIpc) is 3.18. The van der Waals surface area contributed by atoms with Crippen LogP contribution < -0.4 is 9.46 Å². The maximum absolute atomic E-state index is 12.8. The van der Waals surface area contributed by atoms with Crippen molar-refractivity contribution < 1.29 is 26.3 Å². The number of hydrogen-bond acceptors (Lipinski definition) is 5. The first-order valence-corrected chi connectivity index (χ1v) is 11.2. The van der Waals surface area contributed by atoms with E-state index in [1.54, 1.807) is 0 Å². The molecule has 1 heterocycles. The molecule has 1 aromatic heterocycles. The topological polar surface area (TPSA) is 68.3 Å². The van der Waals surface area contributed by atoms with Crippen molar-refractivity contribution >= 4 is 31.6 Å². The Kier molecular flexibility index (Phi) is 5.46. The van der Waals surface area contributed by atoms with Gasteiger partial charge in [-0.25, -0.2) is 13.1 Å². The number of ether oxygens (including phenoxy) is 1. The SMILES string of the molecule is CNS(=O)(=O)c1ccc(Oc2ccc(C(F)(F)F)cc2)c(-c2nsc3ccccc23)c1. The van der Waals surface area contributed by atoms with Gasteiger partial charge in [-0.2, -0.15) is 17.5 Å². The van der Waals surface area contributed by atoms with Crippen LogP contribution in [0.25, 0.3) is 21.3 Å². The third kappa shape index (κ3) is 4.27. The number of hydrogen-bond donors (Lipinski definition) is 1. The van der Waals surface area contributed by atoms with E-state index in [1.165, 1.54) is 48.9 Å². The van der Waals surface area contributed by atoms with Gasteiger partial charge in [-0.1, -0.05) is 18.2 Å². The molecule has 0 aliphatic rings. The van der Waals surface area contributed by atoms with Gasteiger partial charge in [-0.05, 0) is 67.1 Å². The fourth-order valence-electron chi connectivity index (χ4n) is 2.99. The fraction of sp³-hybridized carbons (Fsp3) is 0.0952. The number of halogens is 3. The Morgan fingerprint density at radius 3 is 2.39 bits per heavy atom. The van der Waals surface area contributed by atoms with Crippen molar-refractivity contribution in [2.75, 3.05) is 7.05 Å². The third-order valence-corrected chi connectivity index (χ3v) is 6.81. The van der Waals surface area contributed by atoms with E-state index in [1.807, 2.05) is 24.3 Å². The van der Waals surface area contributed by atoms with Crippen LogP contribution in [0.2, 0.25) is 0 Å². The molecule has 0 saturated carbocycles. The predicted molar refractivity (Wildman–Crippen MR) is 113 cm³/mol. The fourth-order valence-corrected chi connectivity index (χ4v) is 4.53. The molecule has 0 amide bonds. The summed E-state index contributed by atoms with van der Waals surface area (Å²) in [6, 6.07) is 16.0. The third-order valence-electron chi connectivity index (χ3n) is 4.57. The molecule has 0 spiro atoms. The van der Waals surface area contributed by atoms with Crippen LogP contribution in [-0.4, -0.2) is 19.8 Å². The standard InChI is InChI=1S/C21H15F3N2O3S2/c1-25-31(27,28)15-10-11-18(29-14-8-6-13(7-9-14)21(22,23)24)17(12-15)20-16-4-2-3-5-19(16)30-26-20/h2-12,25H,1H3. The van der Waals surface area contributed by atoms with Gasteiger partial charge in [-0.15, -0.1) is 0 Å². The Morgan fingerprint density at radius 1 is 1.00 bits per heavy atom. The van der Waals surface area contributed by atoms with Gasteiger partial charge in [0.25, 0.3) is 0 Å². The molecule has 0 aliphatic carbocycles. The minimum atomic E-state index is -4.45. The molecule has 0 atom stereocenters. The van der Waals surface area contributed by atoms with Gasteiger partial charge >= 0.3 is 6.18 Å². The molecule has 4 aromatic rings. The lowest BCUT2D eigenvalue weighted by Gasteiger charge is -2.13. The smallest absolute Gasteiger partial charge is 0.416 e. The van der Waals surface area contributed by atoms with Crippen LogP contribution in [0.15, 0.2) is 71.6 Å². The Morgan fingerprint density at radius 2 is 1.71 bits per heavy atom. The van der Waals surface area contributed by atoms with E-state index in [4.69, 9.17) is 4.74 Å². The summed E-state index contributed by atoms with van der Waals surface area (Å²) in [6.45, 7) is 0. The second-order valence-corrected chi connectivity index (χ2v) is 9.21. The van der Waals surface area contributed by atoms with Crippen LogP contribution in [0.3, 0.4) is 0 Å². The number of rotatable bonds is 5. The zero-order chi connectivity index (χ0) is 22.2. The van der Waals surface area contributed by atoms with Gasteiger partial charge in [0.2, 0.25) is 10.0 Å². The van der Waals surface area contributed by atoms with Gasteiger partial charge in [0, 0.05) is 10.9 Å². The van der Waals surface area contributed by atoms with Crippen molar-refractivity contribution in [2.45, 2.75) is 11.1 Å². The van der Waals surface area contributed by atoms with Gasteiger partial charge in [0.15, 0.2) is 0 Å². The molecule has 0 radical (unpaired) electrons. The maximum atomic E-state index is 12.8. The lowest BCUT2D eigenvalue weighted by Crippen LogP contribution is -2.18. The number of nitrogens with zero attached hydrogens (tertiary/aromatic N) is 1. The van der Waals surface area contributed by atoms with Gasteiger partial charge in [-0.3, -0.25) is 0 Å². The first kappa shape index (κ1) is 21.3. The summed E-state index contributed by atoms with van der Waals surface area (Å²) in [5, 5.41) is 0.809. The highest BCUT2D eigenvalue weighted by Crippen LogP contribution is 2.40. The molecule has 160 valence electrons. The van der Waals surface area contributed by atoms with E-state index in [0.717, 1.165) is 22.2 Å². The Balaban J connectivity index is 1.82. The number of aromatic nitrogens is 1. The molecule has 31 heavy (non-hydrogen) atoms. The van der Waals surface area contributed by atoms with Crippen molar-refractivity contribution in [2.24, 2.45) is 0 Å². The largest absolute Gasteiger partial charge is 0.457 e. The predicted octanol–water partition coefficient (Wildman–Crippen LogP) is 5.68. The van der Waals surface area contributed by atoms with Crippen molar-refractivity contribution in [3.05, 3.63) is 72.3 Å². The lowest BCUT2D eigenvalue weighted by molar-refractivity contribution is -0.137. The Bertz CT molecular complexity index is 1350. The zero-order valence-corrected chi connectivity index (χ0v) is 17.6. The molecule has 5 nitrogen and oxygen atoms in total. The number of sulfonamides is 1.